The molecule has 1 N–H and O–H groups in total. The summed E-state index contributed by atoms with van der Waals surface area (Å²) < 4.78 is 37.9. The van der Waals surface area contributed by atoms with Gasteiger partial charge >= 0.3 is 5.69 Å². The minimum absolute atomic E-state index is 0.0103. The molecule has 0 unspecified atom stereocenters. The van der Waals surface area contributed by atoms with Crippen LogP contribution < -0.4 is 14.8 Å². The zero-order valence-corrected chi connectivity index (χ0v) is 14.1. The molecule has 1 heterocycles. The molecule has 2 aromatic rings. The van der Waals surface area contributed by atoms with Crippen molar-refractivity contribution in [3.63, 3.8) is 0 Å². The number of fused-ring (bicyclic) bond motifs is 1. The van der Waals surface area contributed by atoms with Gasteiger partial charge in [0.15, 0.2) is 6.61 Å². The van der Waals surface area contributed by atoms with Crippen molar-refractivity contribution in [2.75, 3.05) is 13.2 Å². The van der Waals surface area contributed by atoms with E-state index in [1.165, 1.54) is 24.3 Å². The molecule has 142 valence electrons. The minimum Gasteiger partial charge on any atom is -0.493 e. The molecule has 0 saturated heterocycles. The van der Waals surface area contributed by atoms with Crippen molar-refractivity contribution < 1.29 is 28.0 Å². The van der Waals surface area contributed by atoms with Crippen LogP contribution in [0.4, 0.5) is 14.5 Å². The van der Waals surface area contributed by atoms with E-state index < -0.39 is 40.8 Å². The van der Waals surface area contributed by atoms with E-state index in [9.17, 15) is 23.7 Å². The van der Waals surface area contributed by atoms with E-state index in [1.807, 2.05) is 0 Å². The molecule has 0 radical (unpaired) electrons. The van der Waals surface area contributed by atoms with Crippen LogP contribution in [-0.2, 0) is 4.79 Å². The Balaban J connectivity index is 1.64. The number of benzene rings is 2. The molecular formula is C18H16F2N2O5. The van der Waals surface area contributed by atoms with E-state index in [4.69, 9.17) is 9.47 Å². The number of carbonyl (C=O) groups excluding carboxylic acids is 1. The Hall–Kier alpha value is -3.23. The number of ether oxygens (including phenoxy) is 2. The Morgan fingerprint density at radius 3 is 2.85 bits per heavy atom. The summed E-state index contributed by atoms with van der Waals surface area (Å²) in [6.45, 7) is 0.0445. The lowest BCUT2D eigenvalue weighted by Gasteiger charge is -2.18. The lowest BCUT2D eigenvalue weighted by atomic mass is 10.0. The molecule has 0 spiro atoms. The highest BCUT2D eigenvalue weighted by Crippen LogP contribution is 2.32. The Kier molecular flexibility index (Phi) is 5.49. The van der Waals surface area contributed by atoms with Gasteiger partial charge in [-0.05, 0) is 37.1 Å². The van der Waals surface area contributed by atoms with Crippen LogP contribution in [0, 0.1) is 21.7 Å². The molecule has 0 saturated carbocycles. The molecule has 1 atom stereocenters. The molecule has 0 bridgehead atoms. The van der Waals surface area contributed by atoms with Crippen LogP contribution in [0.1, 0.15) is 24.4 Å². The third-order valence-corrected chi connectivity index (χ3v) is 4.06. The number of nitro benzene ring substituents is 1. The molecule has 2 aromatic carbocycles. The molecule has 27 heavy (non-hydrogen) atoms. The van der Waals surface area contributed by atoms with Gasteiger partial charge in [-0.3, -0.25) is 14.9 Å². The van der Waals surface area contributed by atoms with E-state index in [1.54, 1.807) is 0 Å². The SMILES string of the molecule is O=C(COc1ccc([N+](=O)[O-])c(F)c1)N[C@H]1CCCOc2ccc(F)cc21. The van der Waals surface area contributed by atoms with Gasteiger partial charge in [0.25, 0.3) is 5.91 Å². The zero-order valence-electron chi connectivity index (χ0n) is 14.1. The fourth-order valence-corrected chi connectivity index (χ4v) is 2.81. The van der Waals surface area contributed by atoms with Gasteiger partial charge in [-0.2, -0.15) is 4.39 Å². The van der Waals surface area contributed by atoms with Gasteiger partial charge in [-0.25, -0.2) is 4.39 Å². The molecule has 0 aromatic heterocycles. The summed E-state index contributed by atoms with van der Waals surface area (Å²) in [6, 6.07) is 6.69. The van der Waals surface area contributed by atoms with Crippen molar-refractivity contribution in [1.29, 1.82) is 0 Å². The second-order valence-corrected chi connectivity index (χ2v) is 5.95. The molecule has 1 amide bonds. The van der Waals surface area contributed by atoms with Gasteiger partial charge in [-0.15, -0.1) is 0 Å². The lowest BCUT2D eigenvalue weighted by molar-refractivity contribution is -0.387. The fraction of sp³-hybridized carbons (Fsp3) is 0.278. The number of carbonyl (C=O) groups is 1. The van der Waals surface area contributed by atoms with Crippen molar-refractivity contribution in [2.45, 2.75) is 18.9 Å². The summed E-state index contributed by atoms with van der Waals surface area (Å²) in [6.07, 6.45) is 1.24. The monoisotopic (exact) mass is 378 g/mol. The normalized spacial score (nSPS) is 15.9. The molecule has 7 nitrogen and oxygen atoms in total. The van der Waals surface area contributed by atoms with Crippen LogP contribution in [0.3, 0.4) is 0 Å². The highest BCUT2D eigenvalue weighted by atomic mass is 19.1. The van der Waals surface area contributed by atoms with Crippen molar-refractivity contribution in [3.05, 3.63) is 63.7 Å². The zero-order chi connectivity index (χ0) is 19.4. The number of nitro groups is 1. The van der Waals surface area contributed by atoms with Crippen LogP contribution in [-0.4, -0.2) is 24.0 Å². The number of hydrogen-bond donors (Lipinski definition) is 1. The third kappa shape index (κ3) is 4.49. The van der Waals surface area contributed by atoms with E-state index >= 15 is 0 Å². The number of hydrogen-bond acceptors (Lipinski definition) is 5. The summed E-state index contributed by atoms with van der Waals surface area (Å²) in [7, 11) is 0. The maximum Gasteiger partial charge on any atom is 0.305 e. The van der Waals surface area contributed by atoms with Crippen LogP contribution in [0.2, 0.25) is 0 Å². The Bertz CT molecular complexity index is 875. The summed E-state index contributed by atoms with van der Waals surface area (Å²) in [5.41, 5.74) is -0.133. The highest BCUT2D eigenvalue weighted by Gasteiger charge is 2.22. The van der Waals surface area contributed by atoms with E-state index in [0.717, 1.165) is 12.1 Å². The van der Waals surface area contributed by atoms with Crippen molar-refractivity contribution in [2.24, 2.45) is 0 Å². The minimum atomic E-state index is -1.05. The molecule has 0 aliphatic carbocycles. The molecule has 9 heteroatoms. The van der Waals surface area contributed by atoms with E-state index in [2.05, 4.69) is 5.32 Å². The second kappa shape index (κ2) is 7.98. The topological polar surface area (TPSA) is 90.7 Å². The van der Waals surface area contributed by atoms with Gasteiger partial charge in [0.2, 0.25) is 5.82 Å². The first-order chi connectivity index (χ1) is 12.9. The Morgan fingerprint density at radius 1 is 1.30 bits per heavy atom. The van der Waals surface area contributed by atoms with Gasteiger partial charge < -0.3 is 14.8 Å². The average Bonchev–Trinajstić information content (AvgIpc) is 2.82. The molecule has 1 aliphatic heterocycles. The summed E-state index contributed by atoms with van der Waals surface area (Å²) in [5.74, 6) is -1.48. The average molecular weight is 378 g/mol. The number of nitrogens with one attached hydrogen (secondary N) is 1. The summed E-state index contributed by atoms with van der Waals surface area (Å²) in [4.78, 5) is 21.9. The standard InChI is InChI=1S/C18H16F2N2O5/c19-11-3-6-17-13(8-11)15(2-1-7-26-17)21-18(23)10-27-12-4-5-16(22(24)25)14(20)9-12/h3-6,8-9,15H,1-2,7,10H2,(H,21,23)/t15-/m0/s1. The van der Waals surface area contributed by atoms with Crippen molar-refractivity contribution in [1.82, 2.24) is 5.32 Å². The molecule has 0 fully saturated rings. The highest BCUT2D eigenvalue weighted by molar-refractivity contribution is 5.78. The Labute approximate surface area is 153 Å². The van der Waals surface area contributed by atoms with Gasteiger partial charge in [0.05, 0.1) is 17.6 Å². The van der Waals surface area contributed by atoms with Gasteiger partial charge in [-0.1, -0.05) is 0 Å². The van der Waals surface area contributed by atoms with Gasteiger partial charge in [0.1, 0.15) is 17.3 Å². The fourth-order valence-electron chi connectivity index (χ4n) is 2.81. The second-order valence-electron chi connectivity index (χ2n) is 5.95. The number of halogens is 2. The number of rotatable bonds is 5. The quantitative estimate of drug-likeness (QED) is 0.637. The Morgan fingerprint density at radius 2 is 2.11 bits per heavy atom. The van der Waals surface area contributed by atoms with Crippen LogP contribution >= 0.6 is 0 Å². The third-order valence-electron chi connectivity index (χ3n) is 4.06. The van der Waals surface area contributed by atoms with Gasteiger partial charge in [0, 0.05) is 17.7 Å². The van der Waals surface area contributed by atoms with E-state index in [0.29, 0.717) is 30.8 Å². The molecular weight excluding hydrogens is 362 g/mol. The summed E-state index contributed by atoms with van der Waals surface area (Å²) in [5, 5.41) is 13.3. The number of amides is 1. The van der Waals surface area contributed by atoms with Crippen molar-refractivity contribution >= 4 is 11.6 Å². The smallest absolute Gasteiger partial charge is 0.305 e. The van der Waals surface area contributed by atoms with Crippen LogP contribution in [0.25, 0.3) is 0 Å². The molecule has 1 aliphatic rings. The largest absolute Gasteiger partial charge is 0.493 e. The first-order valence-corrected chi connectivity index (χ1v) is 8.22. The first-order valence-electron chi connectivity index (χ1n) is 8.22. The predicted molar refractivity (Wildman–Crippen MR) is 90.6 cm³/mol. The summed E-state index contributed by atoms with van der Waals surface area (Å²) >= 11 is 0. The maximum atomic E-state index is 13.6. The molecule has 3 rings (SSSR count). The predicted octanol–water partition coefficient (Wildman–Crippen LogP) is 3.28. The maximum absolute atomic E-state index is 13.6. The van der Waals surface area contributed by atoms with Crippen LogP contribution in [0.15, 0.2) is 36.4 Å². The first kappa shape index (κ1) is 18.6. The van der Waals surface area contributed by atoms with E-state index in [-0.39, 0.29) is 5.75 Å². The lowest BCUT2D eigenvalue weighted by Crippen LogP contribution is -2.32. The van der Waals surface area contributed by atoms with Crippen LogP contribution in [0.5, 0.6) is 11.5 Å². The number of nitrogens with zero attached hydrogens (tertiary/aromatic N) is 1. The van der Waals surface area contributed by atoms with Crippen molar-refractivity contribution in [3.8, 4) is 11.5 Å².